The van der Waals surface area contributed by atoms with Gasteiger partial charge in [-0.1, -0.05) is 76.4 Å². The molecule has 0 aliphatic carbocycles. The van der Waals surface area contributed by atoms with Crippen molar-refractivity contribution in [3.8, 4) is 0 Å². The predicted molar refractivity (Wildman–Crippen MR) is 140 cm³/mol. The van der Waals surface area contributed by atoms with Crippen molar-refractivity contribution in [1.29, 1.82) is 0 Å². The maximum Gasteiger partial charge on any atom is 0.330 e. The van der Waals surface area contributed by atoms with E-state index in [1.165, 1.54) is 98.4 Å². The van der Waals surface area contributed by atoms with E-state index in [2.05, 4.69) is 18.9 Å². The minimum atomic E-state index is -0.417. The van der Waals surface area contributed by atoms with Gasteiger partial charge in [0.1, 0.15) is 0 Å². The largest absolute Gasteiger partial charge is 0.469 e. The molecule has 8 nitrogen and oxygen atoms in total. The molecule has 8 heteroatoms. The van der Waals surface area contributed by atoms with Gasteiger partial charge < -0.3 is 18.9 Å². The number of ether oxygens (including phenoxy) is 4. The van der Waals surface area contributed by atoms with E-state index in [1.807, 2.05) is 6.08 Å². The second kappa shape index (κ2) is 28.6. The Hall–Kier alpha value is -2.64. The fourth-order valence-electron chi connectivity index (χ4n) is 3.20. The Morgan fingerprint density at radius 2 is 0.806 bits per heavy atom. The second-order valence-electron chi connectivity index (χ2n) is 8.32. The lowest BCUT2D eigenvalue weighted by Crippen LogP contribution is -1.99. The van der Waals surface area contributed by atoms with E-state index < -0.39 is 5.97 Å². The summed E-state index contributed by atoms with van der Waals surface area (Å²) in [5.41, 5.74) is 0. The normalized spacial score (nSPS) is 10.6. The molecule has 0 atom stereocenters. The number of allylic oxidation sites excluding steroid dienone is 2. The van der Waals surface area contributed by atoms with E-state index in [9.17, 15) is 19.2 Å². The Balaban J connectivity index is 0. The molecule has 0 saturated carbocycles. The highest BCUT2D eigenvalue weighted by Crippen LogP contribution is 2.13. The van der Waals surface area contributed by atoms with Gasteiger partial charge in [-0.25, -0.2) is 9.59 Å². The molecule has 0 aromatic carbocycles. The Morgan fingerprint density at radius 3 is 1.22 bits per heavy atom. The number of hydrogen-bond acceptors (Lipinski definition) is 8. The molecule has 0 aliphatic rings. The molecule has 0 fully saturated rings. The summed E-state index contributed by atoms with van der Waals surface area (Å²) in [6.45, 7) is 0. The lowest BCUT2D eigenvalue weighted by molar-refractivity contribution is -0.141. The van der Waals surface area contributed by atoms with Crippen LogP contribution in [0, 0.1) is 0 Å². The van der Waals surface area contributed by atoms with Crippen LogP contribution in [0.1, 0.15) is 103 Å². The topological polar surface area (TPSA) is 105 Å². The summed E-state index contributed by atoms with van der Waals surface area (Å²) in [6, 6.07) is 0. The van der Waals surface area contributed by atoms with Gasteiger partial charge in [0.25, 0.3) is 0 Å². The first-order valence-electron chi connectivity index (χ1n) is 13.0. The van der Waals surface area contributed by atoms with Crippen molar-refractivity contribution in [2.24, 2.45) is 0 Å². The lowest BCUT2D eigenvalue weighted by Gasteiger charge is -2.03. The van der Waals surface area contributed by atoms with Crippen LogP contribution in [0.3, 0.4) is 0 Å². The van der Waals surface area contributed by atoms with Crippen molar-refractivity contribution in [2.45, 2.75) is 103 Å². The van der Waals surface area contributed by atoms with Gasteiger partial charge in [0.2, 0.25) is 0 Å². The van der Waals surface area contributed by atoms with Gasteiger partial charge in [-0.05, 0) is 25.7 Å². The molecule has 0 heterocycles. The summed E-state index contributed by atoms with van der Waals surface area (Å²) in [7, 11) is 5.47. The van der Waals surface area contributed by atoms with E-state index in [-0.39, 0.29) is 24.3 Å². The van der Waals surface area contributed by atoms with Crippen molar-refractivity contribution < 1.29 is 38.1 Å². The maximum absolute atomic E-state index is 10.9. The first kappa shape index (κ1) is 35.5. The first-order valence-corrected chi connectivity index (χ1v) is 13.0. The zero-order valence-corrected chi connectivity index (χ0v) is 22.9. The fraction of sp³-hybridized carbons (Fsp3) is 0.714. The molecule has 0 rings (SSSR count). The van der Waals surface area contributed by atoms with E-state index in [4.69, 9.17) is 0 Å². The molecule has 36 heavy (non-hydrogen) atoms. The third-order valence-electron chi connectivity index (χ3n) is 5.38. The van der Waals surface area contributed by atoms with Gasteiger partial charge in [0, 0.05) is 25.0 Å². The van der Waals surface area contributed by atoms with Crippen molar-refractivity contribution in [2.75, 3.05) is 28.4 Å². The third kappa shape index (κ3) is 29.4. The second-order valence-corrected chi connectivity index (χ2v) is 8.32. The number of carbonyl (C=O) groups excluding carboxylic acids is 4. The van der Waals surface area contributed by atoms with Crippen LogP contribution in [0.4, 0.5) is 0 Å². The van der Waals surface area contributed by atoms with Crippen LogP contribution in [-0.4, -0.2) is 52.3 Å². The molecular weight excluding hydrogens is 464 g/mol. The molecule has 0 unspecified atom stereocenters. The van der Waals surface area contributed by atoms with Gasteiger partial charge in [-0.2, -0.15) is 0 Å². The van der Waals surface area contributed by atoms with Crippen molar-refractivity contribution in [3.63, 3.8) is 0 Å². The van der Waals surface area contributed by atoms with Gasteiger partial charge in [0.05, 0.1) is 28.4 Å². The quantitative estimate of drug-likeness (QED) is 0.0844. The van der Waals surface area contributed by atoms with Crippen molar-refractivity contribution in [1.82, 2.24) is 0 Å². The Bertz CT molecular complexity index is 625. The van der Waals surface area contributed by atoms with Gasteiger partial charge in [0.15, 0.2) is 0 Å². The number of hydrogen-bond donors (Lipinski definition) is 0. The Labute approximate surface area is 217 Å². The summed E-state index contributed by atoms with van der Waals surface area (Å²) in [6.07, 6.45) is 23.5. The average molecular weight is 513 g/mol. The van der Waals surface area contributed by atoms with Crippen LogP contribution >= 0.6 is 0 Å². The first-order chi connectivity index (χ1) is 17.4. The average Bonchev–Trinajstić information content (AvgIpc) is 2.90. The number of methoxy groups -OCH3 is 4. The van der Waals surface area contributed by atoms with Gasteiger partial charge >= 0.3 is 23.9 Å². The molecule has 0 radical (unpaired) electrons. The molecule has 0 aliphatic heterocycles. The van der Waals surface area contributed by atoms with Crippen LogP contribution in [0.15, 0.2) is 24.3 Å². The van der Waals surface area contributed by atoms with E-state index >= 15 is 0 Å². The van der Waals surface area contributed by atoms with E-state index in [0.717, 1.165) is 25.7 Å². The Morgan fingerprint density at radius 1 is 0.444 bits per heavy atom. The predicted octanol–water partition coefficient (Wildman–Crippen LogP) is 6.02. The van der Waals surface area contributed by atoms with Gasteiger partial charge in [-0.3, -0.25) is 9.59 Å². The van der Waals surface area contributed by atoms with Crippen LogP contribution in [0.5, 0.6) is 0 Å². The molecule has 208 valence electrons. The summed E-state index contributed by atoms with van der Waals surface area (Å²) in [5, 5.41) is 0. The monoisotopic (exact) mass is 512 g/mol. The molecule has 0 aromatic rings. The maximum atomic E-state index is 10.9. The summed E-state index contributed by atoms with van der Waals surface area (Å²) >= 11 is 0. The fourth-order valence-corrected chi connectivity index (χ4v) is 3.20. The highest BCUT2D eigenvalue weighted by atomic mass is 16.5. The number of esters is 4. The minimum absolute atomic E-state index is 0.0884. The highest BCUT2D eigenvalue weighted by Gasteiger charge is 1.99. The summed E-state index contributed by atoms with van der Waals surface area (Å²) < 4.78 is 17.9. The molecule has 0 aromatic heterocycles. The van der Waals surface area contributed by atoms with Crippen LogP contribution < -0.4 is 0 Å². The molecule has 0 bridgehead atoms. The molecule has 0 spiro atoms. The highest BCUT2D eigenvalue weighted by molar-refractivity contribution is 5.82. The SMILES string of the molecule is COC(=O)C=CCCC(=O)OC.COC(=O)C=CCCCCCCCCCCCCCCC(=O)OC. The standard InChI is InChI=1S/C20H36O4.C8H12O4/c1-23-19(21)17-15-13-11-9-7-5-3-4-6-8-10-12-14-16-18-20(22)24-2;1-11-7(9)5-3-4-6-8(10)12-2/h15,17H,3-14,16,18H2,1-2H3;3,5H,4,6H2,1-2H3. The smallest absolute Gasteiger partial charge is 0.330 e. The number of carbonyl (C=O) groups is 4. The zero-order valence-electron chi connectivity index (χ0n) is 22.9. The number of rotatable bonds is 20. The lowest BCUT2D eigenvalue weighted by atomic mass is 10.0. The van der Waals surface area contributed by atoms with E-state index in [0.29, 0.717) is 12.8 Å². The minimum Gasteiger partial charge on any atom is -0.469 e. The van der Waals surface area contributed by atoms with Crippen LogP contribution in [-0.2, 0) is 38.1 Å². The summed E-state index contributed by atoms with van der Waals surface area (Å²) in [5.74, 6) is -1.06. The third-order valence-corrected chi connectivity index (χ3v) is 5.38. The van der Waals surface area contributed by atoms with Gasteiger partial charge in [-0.15, -0.1) is 0 Å². The number of unbranched alkanes of at least 4 members (excludes halogenated alkanes) is 12. The van der Waals surface area contributed by atoms with Crippen LogP contribution in [0.2, 0.25) is 0 Å². The van der Waals surface area contributed by atoms with Crippen LogP contribution in [0.25, 0.3) is 0 Å². The molecule has 0 saturated heterocycles. The Kier molecular flexibility index (Phi) is 28.2. The summed E-state index contributed by atoms with van der Waals surface area (Å²) in [4.78, 5) is 42.9. The van der Waals surface area contributed by atoms with E-state index in [1.54, 1.807) is 6.08 Å². The van der Waals surface area contributed by atoms with Crippen molar-refractivity contribution in [3.05, 3.63) is 24.3 Å². The van der Waals surface area contributed by atoms with Crippen molar-refractivity contribution >= 4 is 23.9 Å². The molecular formula is C28H48O8. The molecule has 0 amide bonds. The molecule has 0 N–H and O–H groups in total. The zero-order chi connectivity index (χ0) is 27.3.